The molecule has 1 aliphatic heterocycles. The second-order valence-electron chi connectivity index (χ2n) is 7.32. The Bertz CT molecular complexity index is 1230. The van der Waals surface area contributed by atoms with Crippen molar-refractivity contribution in [2.45, 2.75) is 19.8 Å². The molecule has 2 aromatic carbocycles. The van der Waals surface area contributed by atoms with Crippen LogP contribution in [0.1, 0.15) is 28.2 Å². The van der Waals surface area contributed by atoms with Crippen molar-refractivity contribution in [3.8, 4) is 16.4 Å². The Morgan fingerprint density at radius 2 is 2.03 bits per heavy atom. The lowest BCUT2D eigenvalue weighted by molar-refractivity contribution is 0.0975. The Kier molecular flexibility index (Phi) is 4.67. The van der Waals surface area contributed by atoms with Gasteiger partial charge in [-0.25, -0.2) is 14.1 Å². The molecule has 2 aromatic heterocycles. The molecule has 0 N–H and O–H groups in total. The van der Waals surface area contributed by atoms with Gasteiger partial charge in [-0.3, -0.25) is 4.79 Å². The van der Waals surface area contributed by atoms with E-state index >= 15 is 0 Å². The Hall–Kier alpha value is -3.32. The molecule has 5 nitrogen and oxygen atoms in total. The number of anilines is 1. The van der Waals surface area contributed by atoms with Crippen LogP contribution in [0.25, 0.3) is 16.4 Å². The maximum atomic E-state index is 13.8. The number of carbonyl (C=O) groups is 1. The average molecular weight is 418 g/mol. The van der Waals surface area contributed by atoms with Gasteiger partial charge in [0.05, 0.1) is 10.6 Å². The SMILES string of the molecule is Cc1ccc2c(c1)CCCN2C(=O)c1nc(-c2cccs2)n(-c2cccc(F)c2)n1. The zero-order valence-corrected chi connectivity index (χ0v) is 17.2. The summed E-state index contributed by atoms with van der Waals surface area (Å²) in [6, 6.07) is 16.1. The molecular formula is C23H19FN4OS. The van der Waals surface area contributed by atoms with E-state index in [1.54, 1.807) is 21.7 Å². The fraction of sp³-hybridized carbons (Fsp3) is 0.174. The smallest absolute Gasteiger partial charge is 0.297 e. The predicted molar refractivity (Wildman–Crippen MR) is 116 cm³/mol. The fourth-order valence-electron chi connectivity index (χ4n) is 3.81. The molecule has 0 saturated heterocycles. The van der Waals surface area contributed by atoms with E-state index < -0.39 is 0 Å². The first-order valence-electron chi connectivity index (χ1n) is 9.78. The van der Waals surface area contributed by atoms with Crippen LogP contribution in [-0.2, 0) is 6.42 Å². The number of hydrogen-bond donors (Lipinski definition) is 0. The summed E-state index contributed by atoms with van der Waals surface area (Å²) in [4.78, 5) is 20.6. The molecule has 0 saturated carbocycles. The highest BCUT2D eigenvalue weighted by Crippen LogP contribution is 2.30. The molecule has 30 heavy (non-hydrogen) atoms. The molecule has 7 heteroatoms. The Labute approximate surface area is 177 Å². The minimum atomic E-state index is -0.367. The van der Waals surface area contributed by atoms with Gasteiger partial charge in [0.1, 0.15) is 5.82 Å². The van der Waals surface area contributed by atoms with E-state index in [1.807, 2.05) is 29.6 Å². The summed E-state index contributed by atoms with van der Waals surface area (Å²) in [5.41, 5.74) is 3.78. The molecule has 150 valence electrons. The van der Waals surface area contributed by atoms with Crippen LogP contribution in [0.15, 0.2) is 60.0 Å². The summed E-state index contributed by atoms with van der Waals surface area (Å²) in [5.74, 6) is 0.0253. The minimum absolute atomic E-state index is 0.107. The lowest BCUT2D eigenvalue weighted by Crippen LogP contribution is -2.36. The molecule has 0 fully saturated rings. The molecule has 0 aliphatic carbocycles. The topological polar surface area (TPSA) is 51.0 Å². The van der Waals surface area contributed by atoms with Crippen LogP contribution in [-0.4, -0.2) is 27.2 Å². The fourth-order valence-corrected chi connectivity index (χ4v) is 4.51. The highest BCUT2D eigenvalue weighted by Gasteiger charge is 2.28. The number of aromatic nitrogens is 3. The number of halogens is 1. The van der Waals surface area contributed by atoms with Crippen molar-refractivity contribution in [2.24, 2.45) is 0 Å². The maximum Gasteiger partial charge on any atom is 0.297 e. The third-order valence-corrected chi connectivity index (χ3v) is 6.06. The molecule has 0 radical (unpaired) electrons. The molecule has 0 unspecified atom stereocenters. The average Bonchev–Trinajstić information content (AvgIpc) is 3.42. The number of hydrogen-bond acceptors (Lipinski definition) is 4. The zero-order valence-electron chi connectivity index (χ0n) is 16.4. The zero-order chi connectivity index (χ0) is 20.7. The summed E-state index contributed by atoms with van der Waals surface area (Å²) in [7, 11) is 0. The van der Waals surface area contributed by atoms with Gasteiger partial charge in [0.15, 0.2) is 5.82 Å². The first-order valence-corrected chi connectivity index (χ1v) is 10.7. The molecule has 1 amide bonds. The van der Waals surface area contributed by atoms with Crippen LogP contribution in [0, 0.1) is 12.7 Å². The van der Waals surface area contributed by atoms with E-state index in [9.17, 15) is 9.18 Å². The third-order valence-electron chi connectivity index (χ3n) is 5.19. The van der Waals surface area contributed by atoms with Gasteiger partial charge in [0.25, 0.3) is 5.91 Å². The lowest BCUT2D eigenvalue weighted by atomic mass is 9.99. The standard InChI is InChI=1S/C23H19FN4OS/c1-15-9-10-19-16(13-15)5-3-11-27(19)23(29)21-25-22(20-8-4-12-30-20)28(26-21)18-7-2-6-17(24)14-18/h2,4,6-10,12-14H,3,5,11H2,1H3. The number of thiophene rings is 1. The summed E-state index contributed by atoms with van der Waals surface area (Å²) in [6.07, 6.45) is 1.84. The maximum absolute atomic E-state index is 13.8. The highest BCUT2D eigenvalue weighted by molar-refractivity contribution is 7.13. The Balaban J connectivity index is 1.59. The van der Waals surface area contributed by atoms with E-state index in [-0.39, 0.29) is 17.5 Å². The van der Waals surface area contributed by atoms with Crippen LogP contribution in [0.5, 0.6) is 0 Å². The van der Waals surface area contributed by atoms with Crippen LogP contribution in [0.2, 0.25) is 0 Å². The van der Waals surface area contributed by atoms with E-state index in [4.69, 9.17) is 0 Å². The van der Waals surface area contributed by atoms with Gasteiger partial charge in [-0.15, -0.1) is 16.4 Å². The van der Waals surface area contributed by atoms with Crippen LogP contribution in [0.4, 0.5) is 10.1 Å². The van der Waals surface area contributed by atoms with E-state index in [0.29, 0.717) is 18.1 Å². The van der Waals surface area contributed by atoms with Crippen molar-refractivity contribution in [3.05, 3.63) is 82.7 Å². The second kappa shape index (κ2) is 7.50. The summed E-state index contributed by atoms with van der Waals surface area (Å²) in [5, 5.41) is 6.43. The largest absolute Gasteiger partial charge is 0.305 e. The quantitative estimate of drug-likeness (QED) is 0.469. The van der Waals surface area contributed by atoms with Gasteiger partial charge in [0, 0.05) is 12.2 Å². The van der Waals surface area contributed by atoms with Crippen LogP contribution < -0.4 is 4.90 Å². The first-order chi connectivity index (χ1) is 14.6. The number of aryl methyl sites for hydroxylation is 2. The number of rotatable bonds is 3. The highest BCUT2D eigenvalue weighted by atomic mass is 32.1. The normalized spacial score (nSPS) is 13.3. The molecule has 0 atom stereocenters. The van der Waals surface area contributed by atoms with Crippen molar-refractivity contribution >= 4 is 22.9 Å². The van der Waals surface area contributed by atoms with Crippen LogP contribution >= 0.6 is 11.3 Å². The number of nitrogens with zero attached hydrogens (tertiary/aromatic N) is 4. The van der Waals surface area contributed by atoms with Gasteiger partial charge in [-0.05, 0) is 61.0 Å². The van der Waals surface area contributed by atoms with Crippen molar-refractivity contribution in [1.82, 2.24) is 14.8 Å². The van der Waals surface area contributed by atoms with Gasteiger partial charge < -0.3 is 4.90 Å². The van der Waals surface area contributed by atoms with Crippen molar-refractivity contribution in [3.63, 3.8) is 0 Å². The number of carbonyl (C=O) groups excluding carboxylic acids is 1. The van der Waals surface area contributed by atoms with E-state index in [0.717, 1.165) is 29.0 Å². The molecule has 0 spiro atoms. The summed E-state index contributed by atoms with van der Waals surface area (Å²) < 4.78 is 15.4. The van der Waals surface area contributed by atoms with Crippen LogP contribution in [0.3, 0.4) is 0 Å². The van der Waals surface area contributed by atoms with Crippen molar-refractivity contribution in [2.75, 3.05) is 11.4 Å². The van der Waals surface area contributed by atoms with E-state index in [1.165, 1.54) is 29.0 Å². The predicted octanol–water partition coefficient (Wildman–Crippen LogP) is 5.04. The first kappa shape index (κ1) is 18.7. The van der Waals surface area contributed by atoms with Gasteiger partial charge in [-0.2, -0.15) is 0 Å². The van der Waals surface area contributed by atoms with Crippen molar-refractivity contribution in [1.29, 1.82) is 0 Å². The number of amides is 1. The molecule has 5 rings (SSSR count). The molecule has 1 aliphatic rings. The monoisotopic (exact) mass is 418 g/mol. The second-order valence-corrected chi connectivity index (χ2v) is 8.27. The van der Waals surface area contributed by atoms with Gasteiger partial charge >= 0.3 is 0 Å². The summed E-state index contributed by atoms with van der Waals surface area (Å²) >= 11 is 1.50. The molecule has 4 aromatic rings. The summed E-state index contributed by atoms with van der Waals surface area (Å²) in [6.45, 7) is 2.67. The third kappa shape index (κ3) is 3.31. The molecular weight excluding hydrogens is 399 g/mol. The minimum Gasteiger partial charge on any atom is -0.305 e. The van der Waals surface area contributed by atoms with Gasteiger partial charge in [0.2, 0.25) is 5.82 Å². The Morgan fingerprint density at radius 1 is 1.13 bits per heavy atom. The number of fused-ring (bicyclic) bond motifs is 1. The lowest BCUT2D eigenvalue weighted by Gasteiger charge is -2.28. The number of benzene rings is 2. The molecule has 3 heterocycles. The molecule has 0 bridgehead atoms. The van der Waals surface area contributed by atoms with E-state index in [2.05, 4.69) is 23.1 Å². The van der Waals surface area contributed by atoms with Crippen molar-refractivity contribution < 1.29 is 9.18 Å². The Morgan fingerprint density at radius 3 is 2.83 bits per heavy atom. The van der Waals surface area contributed by atoms with Gasteiger partial charge in [-0.1, -0.05) is 29.8 Å².